The molecule has 0 radical (unpaired) electrons. The Morgan fingerprint density at radius 3 is 2.41 bits per heavy atom. The minimum Gasteiger partial charge on any atom is -0.507 e. The van der Waals surface area contributed by atoms with E-state index in [0.29, 0.717) is 28.8 Å². The normalized spacial score (nSPS) is 11.0. The molecule has 7 nitrogen and oxygen atoms in total. The summed E-state index contributed by atoms with van der Waals surface area (Å²) in [4.78, 5) is 13.9. The molecule has 0 aliphatic heterocycles. The second-order valence-electron chi connectivity index (χ2n) is 5.09. The Morgan fingerprint density at radius 1 is 1.14 bits per heavy atom. The van der Waals surface area contributed by atoms with E-state index in [4.69, 9.17) is 0 Å². The number of rotatable bonds is 8. The Balaban J connectivity index is 2.52. The number of phenols is 2. The van der Waals surface area contributed by atoms with Gasteiger partial charge in [-0.15, -0.1) is 10.1 Å². The predicted octanol–water partition coefficient (Wildman–Crippen LogP) is 2.92. The summed E-state index contributed by atoms with van der Waals surface area (Å²) in [6.45, 7) is 5.69. The highest BCUT2D eigenvalue weighted by molar-refractivity contribution is 5.68. The van der Waals surface area contributed by atoms with Gasteiger partial charge in [0.2, 0.25) is 0 Å². The molecule has 0 aliphatic carbocycles. The van der Waals surface area contributed by atoms with Gasteiger partial charge in [0.1, 0.15) is 11.5 Å². The van der Waals surface area contributed by atoms with Crippen LogP contribution in [0.5, 0.6) is 11.5 Å². The Bertz CT molecular complexity index is 541. The average Bonchev–Trinajstić information content (AvgIpc) is 2.48. The van der Waals surface area contributed by atoms with Crippen molar-refractivity contribution in [3.05, 3.63) is 38.4 Å². The zero-order valence-electron chi connectivity index (χ0n) is 13.0. The molecule has 0 fully saturated rings. The molecule has 0 aliphatic rings. The van der Waals surface area contributed by atoms with Crippen LogP contribution in [0, 0.1) is 30.9 Å². The minimum atomic E-state index is -0.891. The molecule has 3 N–H and O–H groups in total. The van der Waals surface area contributed by atoms with Gasteiger partial charge in [-0.25, -0.2) is 4.94 Å². The van der Waals surface area contributed by atoms with Gasteiger partial charge in [0.05, 0.1) is 0 Å². The summed E-state index contributed by atoms with van der Waals surface area (Å²) in [6, 6.07) is 0. The Kier molecular flexibility index (Phi) is 6.65. The van der Waals surface area contributed by atoms with Gasteiger partial charge in [0, 0.05) is 17.7 Å². The minimum absolute atomic E-state index is 0.185. The molecule has 0 atom stereocenters. The summed E-state index contributed by atoms with van der Waals surface area (Å²) in [6.07, 6.45) is 6.00. The van der Waals surface area contributed by atoms with Crippen molar-refractivity contribution in [3.8, 4) is 11.5 Å². The number of hydrogen-bond donors (Lipinski definition) is 3. The van der Waals surface area contributed by atoms with E-state index in [1.165, 1.54) is 0 Å². The fraction of sp³-hybridized carbons (Fsp3) is 0.467. The highest BCUT2D eigenvalue weighted by Gasteiger charge is 2.14. The van der Waals surface area contributed by atoms with E-state index in [2.05, 4.69) is 10.4 Å². The highest BCUT2D eigenvalue weighted by atomic mass is 17.0. The number of hydrogen-bond acceptors (Lipinski definition) is 6. The molecule has 0 spiro atoms. The van der Waals surface area contributed by atoms with Crippen molar-refractivity contribution in [2.24, 2.45) is 0 Å². The molecule has 7 heteroatoms. The largest absolute Gasteiger partial charge is 0.507 e. The van der Waals surface area contributed by atoms with Gasteiger partial charge >= 0.3 is 5.09 Å². The molecule has 0 unspecified atom stereocenters. The van der Waals surface area contributed by atoms with E-state index in [9.17, 15) is 20.3 Å². The predicted molar refractivity (Wildman–Crippen MR) is 82.9 cm³/mol. The molecule has 22 heavy (non-hydrogen) atoms. The molecule has 0 saturated carbocycles. The van der Waals surface area contributed by atoms with Gasteiger partial charge in [-0.05, 0) is 51.2 Å². The van der Waals surface area contributed by atoms with E-state index >= 15 is 0 Å². The van der Waals surface area contributed by atoms with Crippen LogP contribution in [0.4, 0.5) is 0 Å². The maximum atomic E-state index is 10.2. The zero-order valence-corrected chi connectivity index (χ0v) is 13.0. The van der Waals surface area contributed by atoms with Crippen molar-refractivity contribution in [2.45, 2.75) is 40.0 Å². The number of benzene rings is 1. The lowest BCUT2D eigenvalue weighted by atomic mass is 9.97. The Labute approximate surface area is 129 Å². The lowest BCUT2D eigenvalue weighted by Gasteiger charge is -2.13. The number of hydroxylamine groups is 1. The molecule has 0 saturated heterocycles. The van der Waals surface area contributed by atoms with Gasteiger partial charge in [-0.1, -0.05) is 12.2 Å². The van der Waals surface area contributed by atoms with Gasteiger partial charge in [0.15, 0.2) is 0 Å². The van der Waals surface area contributed by atoms with E-state index in [1.54, 1.807) is 26.8 Å². The van der Waals surface area contributed by atoms with Crippen molar-refractivity contribution >= 4 is 6.08 Å². The molecule has 122 valence electrons. The van der Waals surface area contributed by atoms with E-state index < -0.39 is 5.09 Å². The zero-order chi connectivity index (χ0) is 16.7. The van der Waals surface area contributed by atoms with Crippen LogP contribution in [-0.2, 0) is 4.94 Å². The van der Waals surface area contributed by atoms with Gasteiger partial charge in [-0.2, -0.15) is 5.48 Å². The second kappa shape index (κ2) is 8.23. The van der Waals surface area contributed by atoms with Crippen LogP contribution in [0.15, 0.2) is 6.08 Å². The van der Waals surface area contributed by atoms with Crippen LogP contribution in [0.25, 0.3) is 6.08 Å². The van der Waals surface area contributed by atoms with E-state index in [1.807, 2.05) is 6.08 Å². The van der Waals surface area contributed by atoms with Crippen molar-refractivity contribution < 1.29 is 20.2 Å². The van der Waals surface area contributed by atoms with Crippen molar-refractivity contribution in [1.82, 2.24) is 5.48 Å². The van der Waals surface area contributed by atoms with Gasteiger partial charge in [-0.3, -0.25) is 0 Å². The summed E-state index contributed by atoms with van der Waals surface area (Å²) in [5.74, 6) is 0.390. The monoisotopic (exact) mass is 310 g/mol. The van der Waals surface area contributed by atoms with Crippen LogP contribution in [0.1, 0.15) is 41.5 Å². The molecule has 1 rings (SSSR count). The first-order valence-corrected chi connectivity index (χ1v) is 7.08. The fourth-order valence-electron chi connectivity index (χ4n) is 2.11. The molecule has 0 aromatic heterocycles. The molecular formula is C15H22N2O5. The summed E-state index contributed by atoms with van der Waals surface area (Å²) in [5.41, 5.74) is 4.86. The molecule has 1 aromatic rings. The molecule has 1 aromatic carbocycles. The van der Waals surface area contributed by atoms with Crippen molar-refractivity contribution in [1.29, 1.82) is 0 Å². The maximum absolute atomic E-state index is 10.2. The lowest BCUT2D eigenvalue weighted by molar-refractivity contribution is -0.776. The molecule has 0 bridgehead atoms. The van der Waals surface area contributed by atoms with Crippen molar-refractivity contribution in [2.75, 3.05) is 6.54 Å². The van der Waals surface area contributed by atoms with Crippen LogP contribution in [-0.4, -0.2) is 21.8 Å². The quantitative estimate of drug-likeness (QED) is 0.295. The van der Waals surface area contributed by atoms with Crippen LogP contribution in [0.2, 0.25) is 0 Å². The molecule has 0 amide bonds. The lowest BCUT2D eigenvalue weighted by Crippen LogP contribution is -2.19. The topological polar surface area (TPSA) is 105 Å². The number of phenolic OH excluding ortho intramolecular Hbond substituents is 2. The van der Waals surface area contributed by atoms with Gasteiger partial charge < -0.3 is 10.2 Å². The van der Waals surface area contributed by atoms with Crippen molar-refractivity contribution in [3.63, 3.8) is 0 Å². The van der Waals surface area contributed by atoms with Crippen LogP contribution >= 0.6 is 0 Å². The first kappa shape index (κ1) is 17.8. The van der Waals surface area contributed by atoms with Crippen LogP contribution in [0.3, 0.4) is 0 Å². The number of nitrogens with one attached hydrogen (secondary N) is 1. The highest BCUT2D eigenvalue weighted by Crippen LogP contribution is 2.36. The SMILES string of the molecule is Cc1c(C)c(O)c(C=CCCCCNO[N+](=O)[O-])c(C)c1O. The number of nitrogens with zero attached hydrogens (tertiary/aromatic N) is 1. The number of unbranched alkanes of at least 4 members (excludes halogenated alkanes) is 2. The third-order valence-electron chi connectivity index (χ3n) is 3.61. The Hall–Kier alpha value is -2.28. The van der Waals surface area contributed by atoms with Gasteiger partial charge in [0.25, 0.3) is 0 Å². The second-order valence-corrected chi connectivity index (χ2v) is 5.09. The number of aromatic hydroxyl groups is 2. The first-order valence-electron chi connectivity index (χ1n) is 7.08. The third kappa shape index (κ3) is 4.63. The standard InChI is InChI=1S/C15H22N2O5/c1-10-11(2)15(19)13(12(3)14(10)18)8-6-4-5-7-9-16-22-17(20)21/h6,8,16,18-19H,4-5,7,9H2,1-3H3. The smallest absolute Gasteiger partial charge is 0.311 e. The number of allylic oxidation sites excluding steroid dienone is 1. The Morgan fingerprint density at radius 2 is 1.77 bits per heavy atom. The summed E-state index contributed by atoms with van der Waals surface area (Å²) in [5, 5.41) is 29.2. The summed E-state index contributed by atoms with van der Waals surface area (Å²) < 4.78 is 0. The molecule has 0 heterocycles. The fourth-order valence-corrected chi connectivity index (χ4v) is 2.11. The summed E-state index contributed by atoms with van der Waals surface area (Å²) in [7, 11) is 0. The van der Waals surface area contributed by atoms with E-state index in [-0.39, 0.29) is 11.5 Å². The van der Waals surface area contributed by atoms with E-state index in [0.717, 1.165) is 19.3 Å². The third-order valence-corrected chi connectivity index (χ3v) is 3.61. The van der Waals surface area contributed by atoms with Crippen LogP contribution < -0.4 is 5.48 Å². The maximum Gasteiger partial charge on any atom is 0.311 e. The molecular weight excluding hydrogens is 288 g/mol. The average molecular weight is 310 g/mol. The first-order chi connectivity index (χ1) is 10.4. The summed E-state index contributed by atoms with van der Waals surface area (Å²) >= 11 is 0.